The van der Waals surface area contributed by atoms with Crippen molar-refractivity contribution >= 4 is 114 Å². The second kappa shape index (κ2) is 16.9. The number of benzene rings is 11. The predicted molar refractivity (Wildman–Crippen MR) is 318 cm³/mol. The van der Waals surface area contributed by atoms with Crippen LogP contribution in [0.3, 0.4) is 0 Å². The summed E-state index contributed by atoms with van der Waals surface area (Å²) < 4.78 is 3.73. The van der Waals surface area contributed by atoms with Gasteiger partial charge < -0.3 is 9.80 Å². The third kappa shape index (κ3) is 6.42. The van der Waals surface area contributed by atoms with Gasteiger partial charge in [-0.15, -0.1) is 22.7 Å². The molecule has 2 aromatic heterocycles. The third-order valence-electron chi connectivity index (χ3n) is 15.7. The van der Waals surface area contributed by atoms with E-state index in [9.17, 15) is 0 Å². The zero-order valence-corrected chi connectivity index (χ0v) is 42.0. The molecule has 1 spiro atoms. The lowest BCUT2D eigenvalue weighted by Crippen LogP contribution is -2.28. The molecule has 0 radical (unpaired) electrons. The van der Waals surface area contributed by atoms with Gasteiger partial charge in [0.25, 0.3) is 0 Å². The minimum Gasteiger partial charge on any atom is -0.310 e. The maximum absolute atomic E-state index is 5.41. The van der Waals surface area contributed by atoms with E-state index in [1.165, 1.54) is 95.6 Å². The summed E-state index contributed by atoms with van der Waals surface area (Å²) in [5.41, 5.74) is 15.9. The average Bonchev–Trinajstić information content (AvgIpc) is 4.23. The number of hydrogen-bond donors (Lipinski definition) is 0. The largest absolute Gasteiger partial charge is 0.310 e. The Kier molecular flexibility index (Phi) is 9.78. The van der Waals surface area contributed by atoms with Crippen LogP contribution in [0.2, 0.25) is 0 Å². The van der Waals surface area contributed by atoms with E-state index in [0.717, 1.165) is 39.7 Å². The minimum atomic E-state index is -0.656. The number of para-hydroxylation sites is 2. The molecule has 0 N–H and O–H groups in total. The Balaban J connectivity index is 1.12. The molecule has 0 unspecified atom stereocenters. The first-order chi connectivity index (χ1) is 36.6. The number of rotatable bonds is 6. The molecule has 2 heterocycles. The molecular formula is C70H46N2S2. The monoisotopic (exact) mass is 978 g/mol. The first kappa shape index (κ1) is 42.8. The summed E-state index contributed by atoms with van der Waals surface area (Å²) >= 11 is 3.79. The summed E-state index contributed by atoms with van der Waals surface area (Å²) in [5, 5.41) is 8.51. The van der Waals surface area contributed by atoms with Crippen LogP contribution in [0.1, 0.15) is 39.1 Å². The molecule has 0 saturated heterocycles. The van der Waals surface area contributed by atoms with Gasteiger partial charge in [0.1, 0.15) is 0 Å². The Morgan fingerprint density at radius 1 is 0.392 bits per heavy atom. The van der Waals surface area contributed by atoms with Gasteiger partial charge >= 0.3 is 0 Å². The summed E-state index contributed by atoms with van der Waals surface area (Å²) in [4.78, 5) is 6.24. The Bertz CT molecular complexity index is 4400. The van der Waals surface area contributed by atoms with E-state index in [4.69, 9.17) is 6.58 Å². The van der Waals surface area contributed by atoms with Gasteiger partial charge in [0.05, 0.1) is 21.7 Å². The zero-order chi connectivity index (χ0) is 48.9. The topological polar surface area (TPSA) is 6.48 Å². The van der Waals surface area contributed by atoms with Crippen LogP contribution < -0.4 is 9.80 Å². The first-order valence-corrected chi connectivity index (χ1v) is 27.0. The molecule has 74 heavy (non-hydrogen) atoms. The highest BCUT2D eigenvalue weighted by Gasteiger charge is 2.47. The highest BCUT2D eigenvalue weighted by molar-refractivity contribution is 7.26. The summed E-state index contributed by atoms with van der Waals surface area (Å²) in [5.74, 6) is 0. The molecule has 15 rings (SSSR count). The molecule has 0 saturated carbocycles. The number of nitrogens with zero attached hydrogens (tertiary/aromatic N) is 2. The van der Waals surface area contributed by atoms with Gasteiger partial charge in [-0.25, -0.2) is 0 Å². The van der Waals surface area contributed by atoms with Crippen molar-refractivity contribution in [3.05, 3.63) is 294 Å². The van der Waals surface area contributed by atoms with Crippen molar-refractivity contribution in [2.24, 2.45) is 0 Å². The summed E-state index contributed by atoms with van der Waals surface area (Å²) in [6, 6.07) is 92.2. The van der Waals surface area contributed by atoms with Crippen LogP contribution in [0.5, 0.6) is 0 Å². The van der Waals surface area contributed by atoms with Crippen LogP contribution in [-0.2, 0) is 5.41 Å². The average molecular weight is 979 g/mol. The number of fused-ring (bicyclic) bond motifs is 16. The Morgan fingerprint density at radius 3 is 1.53 bits per heavy atom. The van der Waals surface area contributed by atoms with Crippen molar-refractivity contribution in [1.82, 2.24) is 0 Å². The fourth-order valence-corrected chi connectivity index (χ4v) is 15.0. The van der Waals surface area contributed by atoms with Crippen LogP contribution in [-0.4, -0.2) is 0 Å². The molecule has 13 aromatic rings. The highest BCUT2D eigenvalue weighted by atomic mass is 32.1. The zero-order valence-electron chi connectivity index (χ0n) is 40.4. The first-order valence-electron chi connectivity index (χ1n) is 25.4. The second-order valence-corrected chi connectivity index (χ2v) is 21.7. The van der Waals surface area contributed by atoms with Crippen LogP contribution >= 0.6 is 22.7 Å². The second-order valence-electron chi connectivity index (χ2n) is 19.6. The molecule has 0 aliphatic heterocycles. The molecule has 11 aromatic carbocycles. The van der Waals surface area contributed by atoms with Crippen LogP contribution in [0.15, 0.2) is 261 Å². The summed E-state index contributed by atoms with van der Waals surface area (Å²) in [6.07, 6.45) is 3.27. The Labute approximate surface area is 438 Å². The quantitative estimate of drug-likeness (QED) is 0.164. The van der Waals surface area contributed by atoms with Gasteiger partial charge in [-0.3, -0.25) is 0 Å². The molecular weight excluding hydrogens is 933 g/mol. The van der Waals surface area contributed by atoms with Crippen LogP contribution in [0.25, 0.3) is 74.2 Å². The van der Waals surface area contributed by atoms with Crippen molar-refractivity contribution < 1.29 is 0 Å². The summed E-state index contributed by atoms with van der Waals surface area (Å²) in [7, 11) is 0. The van der Waals surface area contributed by atoms with E-state index in [2.05, 4.69) is 265 Å². The molecule has 2 aliphatic carbocycles. The Morgan fingerprint density at radius 2 is 0.892 bits per heavy atom. The molecule has 0 bridgehead atoms. The van der Waals surface area contributed by atoms with Crippen LogP contribution in [0.4, 0.5) is 28.4 Å². The van der Waals surface area contributed by atoms with Crippen molar-refractivity contribution in [3.63, 3.8) is 0 Å². The molecule has 4 heteroatoms. The van der Waals surface area contributed by atoms with Crippen molar-refractivity contribution in [2.75, 3.05) is 9.80 Å². The van der Waals surface area contributed by atoms with E-state index >= 15 is 0 Å². The SMILES string of the molecule is C=C1c2c(sc3ccccc23)/C(N(c2ccccc2)c2ccc3ccccc3c2)=C\CC2(c3ccccc3-c3ccccc32)c2cc(N(c3ccccc3)c3ccc4ccccc4c3)c3c(sc4ccccc43)c21. The lowest BCUT2D eigenvalue weighted by molar-refractivity contribution is 0.645. The third-order valence-corrected chi connectivity index (χ3v) is 18.1. The standard InChI is InChI=1S/C70H46N2S2/c1-45-65-56-30-14-18-34-63(56)73-68(65)61(71(50-24-4-2-5-25-50)52-38-36-46-20-8-10-22-48(46)42-52)40-41-70(58-32-16-12-28-54(58)55-29-13-17-33-59(55)70)60-44-62(67-57-31-15-19-35-64(57)74-69(67)66(45)60)72(51-26-6-3-7-27-51)53-39-37-47-21-9-11-23-49(47)43-53/h2-40,42-44H,1,41H2/b61-40+. The molecule has 0 atom stereocenters. The van der Waals surface area contributed by atoms with Crippen LogP contribution in [0, 0.1) is 0 Å². The Hall–Kier alpha value is -8.80. The van der Waals surface area contributed by atoms with E-state index in [-0.39, 0.29) is 0 Å². The van der Waals surface area contributed by atoms with E-state index in [1.807, 2.05) is 22.7 Å². The van der Waals surface area contributed by atoms with E-state index < -0.39 is 5.41 Å². The van der Waals surface area contributed by atoms with Gasteiger partial charge in [0, 0.05) is 64.1 Å². The van der Waals surface area contributed by atoms with Crippen molar-refractivity contribution in [2.45, 2.75) is 11.8 Å². The fraction of sp³-hybridized carbons (Fsp3) is 0.0286. The van der Waals surface area contributed by atoms with E-state index in [0.29, 0.717) is 6.42 Å². The number of thiophene rings is 2. The fourth-order valence-electron chi connectivity index (χ4n) is 12.5. The maximum Gasteiger partial charge on any atom is 0.0601 e. The molecule has 348 valence electrons. The molecule has 0 fully saturated rings. The molecule has 2 aliphatic rings. The van der Waals surface area contributed by atoms with Gasteiger partial charge in [0.2, 0.25) is 0 Å². The van der Waals surface area contributed by atoms with Gasteiger partial charge in [0.15, 0.2) is 0 Å². The maximum atomic E-state index is 5.41. The number of allylic oxidation sites excluding steroid dienone is 1. The molecule has 2 nitrogen and oxygen atoms in total. The highest BCUT2D eigenvalue weighted by Crippen LogP contribution is 2.62. The lowest BCUT2D eigenvalue weighted by atomic mass is 9.67. The van der Waals surface area contributed by atoms with Gasteiger partial charge in [-0.1, -0.05) is 195 Å². The minimum absolute atomic E-state index is 0.656. The molecule has 0 amide bonds. The smallest absolute Gasteiger partial charge is 0.0601 e. The van der Waals surface area contributed by atoms with Gasteiger partial charge in [-0.05, 0) is 128 Å². The number of anilines is 5. The van der Waals surface area contributed by atoms with E-state index in [1.54, 1.807) is 0 Å². The van der Waals surface area contributed by atoms with Gasteiger partial charge in [-0.2, -0.15) is 0 Å². The normalized spacial score (nSPS) is 14.3. The predicted octanol–water partition coefficient (Wildman–Crippen LogP) is 20.0. The van der Waals surface area contributed by atoms with Crippen molar-refractivity contribution in [1.29, 1.82) is 0 Å². The summed E-state index contributed by atoms with van der Waals surface area (Å²) in [6.45, 7) is 5.41. The number of hydrogen-bond acceptors (Lipinski definition) is 4. The lowest BCUT2D eigenvalue weighted by Gasteiger charge is -2.36. The van der Waals surface area contributed by atoms with Crippen molar-refractivity contribution in [3.8, 4) is 11.1 Å².